The van der Waals surface area contributed by atoms with Crippen LogP contribution >= 0.6 is 11.3 Å². The maximum atomic E-state index is 12.9. The molecule has 1 aliphatic rings. The minimum atomic E-state index is -0.668. The Bertz CT molecular complexity index is 901. The number of aliphatic hydroxyl groups excluding tert-OH is 1. The van der Waals surface area contributed by atoms with Gasteiger partial charge in [-0.1, -0.05) is 52.0 Å². The van der Waals surface area contributed by atoms with Crippen LogP contribution in [0.5, 0.6) is 0 Å². The smallest absolute Gasteiger partial charge is 0.243 e. The van der Waals surface area contributed by atoms with Crippen LogP contribution in [-0.2, 0) is 16.1 Å². The molecule has 2 heterocycles. The number of amides is 2. The summed E-state index contributed by atoms with van der Waals surface area (Å²) in [5, 5.41) is 13.0. The fraction of sp³-hybridized carbons (Fsp3) is 0.522. The third-order valence-electron chi connectivity index (χ3n) is 5.96. The summed E-state index contributed by atoms with van der Waals surface area (Å²) in [5.41, 5.74) is 4.73. The predicted octanol–water partition coefficient (Wildman–Crippen LogP) is 3.38. The number of thiazole rings is 1. The Morgan fingerprint density at radius 2 is 1.97 bits per heavy atom. The lowest BCUT2D eigenvalue weighted by molar-refractivity contribution is -0.144. The summed E-state index contributed by atoms with van der Waals surface area (Å²) in [6, 6.07) is 7.41. The zero-order valence-electron chi connectivity index (χ0n) is 18.3. The van der Waals surface area contributed by atoms with Crippen molar-refractivity contribution in [3.63, 3.8) is 0 Å². The van der Waals surface area contributed by atoms with Gasteiger partial charge in [-0.15, -0.1) is 11.3 Å². The summed E-state index contributed by atoms with van der Waals surface area (Å²) < 4.78 is 0. The van der Waals surface area contributed by atoms with E-state index in [4.69, 9.17) is 0 Å². The van der Waals surface area contributed by atoms with Gasteiger partial charge in [0.25, 0.3) is 0 Å². The van der Waals surface area contributed by atoms with Crippen molar-refractivity contribution in [2.45, 2.75) is 59.7 Å². The number of aliphatic hydroxyl groups is 1. The van der Waals surface area contributed by atoms with E-state index in [9.17, 15) is 14.7 Å². The molecule has 3 atom stereocenters. The van der Waals surface area contributed by atoms with Crippen LogP contribution in [-0.4, -0.2) is 45.5 Å². The van der Waals surface area contributed by atoms with E-state index in [0.29, 0.717) is 6.54 Å². The van der Waals surface area contributed by atoms with Gasteiger partial charge in [0.15, 0.2) is 0 Å². The standard InChI is InChI=1S/C23H31N3O3S/c1-14(23(3,4)5)22(29)26-12-18(27)10-19(26)21(28)24-11-16-6-8-17(9-7-16)20-15(2)25-13-30-20/h6-9,13-14,18-19,27H,10-12H2,1-5H3,(H,24,28)/t14?,18-,19+/m1/s1. The number of likely N-dealkylation sites (tertiary alicyclic amines) is 1. The highest BCUT2D eigenvalue weighted by atomic mass is 32.1. The fourth-order valence-electron chi connectivity index (χ4n) is 3.58. The lowest BCUT2D eigenvalue weighted by Crippen LogP contribution is -2.49. The lowest BCUT2D eigenvalue weighted by atomic mass is 9.81. The number of nitrogens with one attached hydrogen (secondary N) is 1. The molecule has 2 N–H and O–H groups in total. The zero-order chi connectivity index (χ0) is 22.1. The van der Waals surface area contributed by atoms with Gasteiger partial charge >= 0.3 is 0 Å². The Kier molecular flexibility index (Phi) is 6.62. The number of nitrogens with zero attached hydrogens (tertiary/aromatic N) is 2. The minimum Gasteiger partial charge on any atom is -0.391 e. The number of β-amino-alcohol motifs (C(OH)–C–C–N with tert-alkyl or cyclic N) is 1. The molecule has 1 aromatic heterocycles. The van der Waals surface area contributed by atoms with Crippen molar-refractivity contribution >= 4 is 23.2 Å². The van der Waals surface area contributed by atoms with E-state index in [1.807, 2.05) is 64.4 Å². The zero-order valence-corrected chi connectivity index (χ0v) is 19.1. The number of aromatic nitrogens is 1. The molecule has 0 bridgehead atoms. The number of carbonyl (C=O) groups is 2. The maximum Gasteiger partial charge on any atom is 0.243 e. The summed E-state index contributed by atoms with van der Waals surface area (Å²) in [7, 11) is 0. The van der Waals surface area contributed by atoms with Gasteiger partial charge in [-0.3, -0.25) is 9.59 Å². The lowest BCUT2D eigenvalue weighted by Gasteiger charge is -2.32. The van der Waals surface area contributed by atoms with Gasteiger partial charge in [-0.2, -0.15) is 0 Å². The number of hydrogen-bond donors (Lipinski definition) is 2. The van der Waals surface area contributed by atoms with E-state index in [0.717, 1.165) is 21.7 Å². The summed E-state index contributed by atoms with van der Waals surface area (Å²) >= 11 is 1.61. The van der Waals surface area contributed by atoms with Crippen molar-refractivity contribution in [1.82, 2.24) is 15.2 Å². The molecule has 7 heteroatoms. The minimum absolute atomic E-state index is 0.0801. The molecule has 0 saturated carbocycles. The monoisotopic (exact) mass is 429 g/mol. The molecule has 2 aromatic rings. The van der Waals surface area contributed by atoms with Gasteiger partial charge < -0.3 is 15.3 Å². The van der Waals surface area contributed by atoms with Crippen molar-refractivity contribution in [2.75, 3.05) is 6.54 Å². The van der Waals surface area contributed by atoms with Gasteiger partial charge in [0.2, 0.25) is 11.8 Å². The third kappa shape index (κ3) is 4.90. The maximum absolute atomic E-state index is 12.9. The molecular weight excluding hydrogens is 398 g/mol. The van der Waals surface area contributed by atoms with Crippen molar-refractivity contribution in [3.05, 3.63) is 41.0 Å². The molecule has 1 fully saturated rings. The molecule has 30 heavy (non-hydrogen) atoms. The van der Waals surface area contributed by atoms with E-state index < -0.39 is 12.1 Å². The third-order valence-corrected chi connectivity index (χ3v) is 6.94. The summed E-state index contributed by atoms with van der Waals surface area (Å²) in [6.45, 7) is 10.5. The number of carbonyl (C=O) groups excluding carboxylic acids is 2. The van der Waals surface area contributed by atoms with E-state index >= 15 is 0 Å². The molecule has 0 spiro atoms. The Labute approximate surface area is 182 Å². The number of benzene rings is 1. The topological polar surface area (TPSA) is 82.5 Å². The molecule has 3 rings (SSSR count). The van der Waals surface area contributed by atoms with E-state index in [1.165, 1.54) is 0 Å². The number of hydrogen-bond acceptors (Lipinski definition) is 5. The number of aryl methyl sites for hydroxylation is 1. The SMILES string of the molecule is Cc1ncsc1-c1ccc(CNC(=O)[C@@H]2C[C@@H](O)CN2C(=O)C(C)C(C)(C)C)cc1. The molecule has 0 radical (unpaired) electrons. The average Bonchev–Trinajstić information content (AvgIpc) is 3.30. The molecular formula is C23H31N3O3S. The molecule has 0 aliphatic carbocycles. The first-order valence-electron chi connectivity index (χ1n) is 10.3. The van der Waals surface area contributed by atoms with Crippen LogP contribution in [0.25, 0.3) is 10.4 Å². The molecule has 1 aliphatic heterocycles. The quantitative estimate of drug-likeness (QED) is 0.763. The molecule has 6 nitrogen and oxygen atoms in total. The van der Waals surface area contributed by atoms with Crippen LogP contribution in [0.3, 0.4) is 0 Å². The molecule has 1 aromatic carbocycles. The highest BCUT2D eigenvalue weighted by molar-refractivity contribution is 7.13. The predicted molar refractivity (Wildman–Crippen MR) is 119 cm³/mol. The van der Waals surface area contributed by atoms with Crippen molar-refractivity contribution in [2.24, 2.45) is 11.3 Å². The van der Waals surface area contributed by atoms with E-state index in [1.54, 1.807) is 16.2 Å². The summed E-state index contributed by atoms with van der Waals surface area (Å²) in [5.74, 6) is -0.535. The van der Waals surface area contributed by atoms with Crippen LogP contribution in [0.1, 0.15) is 45.4 Å². The van der Waals surface area contributed by atoms with Crippen molar-refractivity contribution in [3.8, 4) is 10.4 Å². The Morgan fingerprint density at radius 1 is 1.30 bits per heavy atom. The van der Waals surface area contributed by atoms with Crippen LogP contribution in [0.4, 0.5) is 0 Å². The Hall–Kier alpha value is -2.25. The average molecular weight is 430 g/mol. The van der Waals surface area contributed by atoms with Gasteiger partial charge in [-0.25, -0.2) is 4.98 Å². The first-order valence-corrected chi connectivity index (χ1v) is 11.2. The molecule has 162 valence electrons. The highest BCUT2D eigenvalue weighted by Gasteiger charge is 2.42. The van der Waals surface area contributed by atoms with Crippen LogP contribution in [0.2, 0.25) is 0 Å². The van der Waals surface area contributed by atoms with Gasteiger partial charge in [0.05, 0.1) is 22.2 Å². The molecule has 2 amide bonds. The van der Waals surface area contributed by atoms with Crippen LogP contribution in [0, 0.1) is 18.3 Å². The van der Waals surface area contributed by atoms with Crippen molar-refractivity contribution < 1.29 is 14.7 Å². The summed E-state index contributed by atoms with van der Waals surface area (Å²) in [6.07, 6.45) is -0.392. The summed E-state index contributed by atoms with van der Waals surface area (Å²) in [4.78, 5) is 32.7. The Morgan fingerprint density at radius 3 is 2.53 bits per heavy atom. The van der Waals surface area contributed by atoms with Gasteiger partial charge in [0.1, 0.15) is 6.04 Å². The van der Waals surface area contributed by atoms with Crippen molar-refractivity contribution in [1.29, 1.82) is 0 Å². The molecule has 1 unspecified atom stereocenters. The largest absolute Gasteiger partial charge is 0.391 e. The first-order chi connectivity index (χ1) is 14.1. The van der Waals surface area contributed by atoms with Crippen LogP contribution < -0.4 is 5.32 Å². The van der Waals surface area contributed by atoms with Gasteiger partial charge in [0, 0.05) is 25.4 Å². The highest BCUT2D eigenvalue weighted by Crippen LogP contribution is 2.30. The fourth-order valence-corrected chi connectivity index (χ4v) is 4.40. The Balaban J connectivity index is 1.63. The van der Waals surface area contributed by atoms with E-state index in [-0.39, 0.29) is 36.1 Å². The number of rotatable bonds is 5. The normalized spacial score (nSPS) is 20.3. The second-order valence-corrected chi connectivity index (χ2v) is 10.0. The first kappa shape index (κ1) is 22.4. The molecule has 1 saturated heterocycles. The van der Waals surface area contributed by atoms with Crippen LogP contribution in [0.15, 0.2) is 29.8 Å². The second-order valence-electron chi connectivity index (χ2n) is 9.17. The van der Waals surface area contributed by atoms with Gasteiger partial charge in [-0.05, 0) is 23.5 Å². The van der Waals surface area contributed by atoms with E-state index in [2.05, 4.69) is 10.3 Å². The second kappa shape index (κ2) is 8.86.